The predicted molar refractivity (Wildman–Crippen MR) is 71.3 cm³/mol. The zero-order valence-corrected chi connectivity index (χ0v) is 11.9. The quantitative estimate of drug-likeness (QED) is 0.649. The van der Waals surface area contributed by atoms with E-state index in [-0.39, 0.29) is 6.04 Å². The normalized spacial score (nSPS) is 15.2. The molecule has 0 spiro atoms. The number of aliphatic carboxylic acids is 1. The van der Waals surface area contributed by atoms with Gasteiger partial charge < -0.3 is 15.3 Å². The monoisotopic (exact) mass is 244 g/mol. The first-order valence-corrected chi connectivity index (χ1v) is 6.52. The van der Waals surface area contributed by atoms with Crippen molar-refractivity contribution in [2.45, 2.75) is 52.1 Å². The van der Waals surface area contributed by atoms with Gasteiger partial charge in [-0.25, -0.2) is 0 Å². The molecule has 0 saturated heterocycles. The molecule has 2 unspecified atom stereocenters. The zero-order chi connectivity index (χ0) is 13.4. The maximum absolute atomic E-state index is 11.2. The molecule has 0 aromatic rings. The van der Waals surface area contributed by atoms with E-state index in [9.17, 15) is 9.90 Å². The van der Waals surface area contributed by atoms with Crippen LogP contribution in [0.25, 0.3) is 0 Å². The van der Waals surface area contributed by atoms with Crippen molar-refractivity contribution in [2.75, 3.05) is 20.6 Å². The Morgan fingerprint density at radius 3 is 2.29 bits per heavy atom. The Balaban J connectivity index is 4.39. The number of carboxylic acids is 1. The highest BCUT2D eigenvalue weighted by atomic mass is 16.4. The second-order valence-corrected chi connectivity index (χ2v) is 5.31. The van der Waals surface area contributed by atoms with Crippen LogP contribution in [0.15, 0.2) is 0 Å². The molecule has 0 radical (unpaired) electrons. The van der Waals surface area contributed by atoms with Gasteiger partial charge in [0.15, 0.2) is 0 Å². The molecule has 0 bridgehead atoms. The van der Waals surface area contributed by atoms with Crippen molar-refractivity contribution >= 4 is 5.97 Å². The molecule has 0 aliphatic carbocycles. The molecule has 0 amide bonds. The van der Waals surface area contributed by atoms with Gasteiger partial charge in [-0.15, -0.1) is 0 Å². The van der Waals surface area contributed by atoms with Gasteiger partial charge in [0.05, 0.1) is 0 Å². The highest BCUT2D eigenvalue weighted by Crippen LogP contribution is 2.08. The summed E-state index contributed by atoms with van der Waals surface area (Å²) < 4.78 is 0. The van der Waals surface area contributed by atoms with Gasteiger partial charge in [0.1, 0.15) is 6.04 Å². The first-order chi connectivity index (χ1) is 7.88. The van der Waals surface area contributed by atoms with E-state index >= 15 is 0 Å². The summed E-state index contributed by atoms with van der Waals surface area (Å²) in [5, 5.41) is 12.5. The number of nitrogens with one attached hydrogen (secondary N) is 1. The third-order valence-electron chi connectivity index (χ3n) is 2.93. The molecule has 0 fully saturated rings. The molecule has 2 N–H and O–H groups in total. The van der Waals surface area contributed by atoms with E-state index in [1.807, 2.05) is 14.1 Å². The van der Waals surface area contributed by atoms with Gasteiger partial charge in [0.2, 0.25) is 0 Å². The smallest absolute Gasteiger partial charge is 0.320 e. The van der Waals surface area contributed by atoms with Gasteiger partial charge in [-0.2, -0.15) is 0 Å². The van der Waals surface area contributed by atoms with Crippen molar-refractivity contribution in [3.05, 3.63) is 0 Å². The van der Waals surface area contributed by atoms with Crippen molar-refractivity contribution in [3.8, 4) is 0 Å². The lowest BCUT2D eigenvalue weighted by Gasteiger charge is -2.28. The van der Waals surface area contributed by atoms with Gasteiger partial charge in [0, 0.05) is 12.6 Å². The minimum Gasteiger partial charge on any atom is -0.480 e. The van der Waals surface area contributed by atoms with E-state index in [1.54, 1.807) is 0 Å². The molecule has 0 aliphatic rings. The summed E-state index contributed by atoms with van der Waals surface area (Å²) in [5.74, 6) is -0.302. The molecule has 0 aromatic heterocycles. The van der Waals surface area contributed by atoms with E-state index < -0.39 is 12.0 Å². The van der Waals surface area contributed by atoms with Crippen LogP contribution in [0, 0.1) is 5.92 Å². The van der Waals surface area contributed by atoms with Crippen LogP contribution in [0.3, 0.4) is 0 Å². The maximum Gasteiger partial charge on any atom is 0.320 e. The van der Waals surface area contributed by atoms with E-state index in [0.717, 1.165) is 19.4 Å². The summed E-state index contributed by atoms with van der Waals surface area (Å²) in [6, 6.07) is -0.190. The van der Waals surface area contributed by atoms with Gasteiger partial charge in [-0.05, 0) is 26.4 Å². The Bertz CT molecular complexity index is 217. The predicted octanol–water partition coefficient (Wildman–Crippen LogP) is 1.81. The third-order valence-corrected chi connectivity index (χ3v) is 2.93. The maximum atomic E-state index is 11.2. The fourth-order valence-electron chi connectivity index (χ4n) is 1.79. The van der Waals surface area contributed by atoms with Crippen molar-refractivity contribution in [2.24, 2.45) is 5.92 Å². The Hall–Kier alpha value is -0.610. The Kier molecular flexibility index (Phi) is 8.17. The molecule has 4 nitrogen and oxygen atoms in total. The number of rotatable bonds is 9. The van der Waals surface area contributed by atoms with Crippen molar-refractivity contribution < 1.29 is 9.90 Å². The van der Waals surface area contributed by atoms with Crippen LogP contribution in [0.1, 0.15) is 40.0 Å². The van der Waals surface area contributed by atoms with Gasteiger partial charge in [-0.1, -0.05) is 33.6 Å². The van der Waals surface area contributed by atoms with Crippen LogP contribution in [0.5, 0.6) is 0 Å². The van der Waals surface area contributed by atoms with Crippen LogP contribution < -0.4 is 5.32 Å². The molecular formula is C13H28N2O2. The average molecular weight is 244 g/mol. The minimum atomic E-state index is -0.733. The highest BCUT2D eigenvalue weighted by Gasteiger charge is 2.23. The Morgan fingerprint density at radius 1 is 1.35 bits per heavy atom. The lowest BCUT2D eigenvalue weighted by molar-refractivity contribution is -0.140. The number of unbranched alkanes of at least 4 members (excludes halogenated alkanes) is 1. The minimum absolute atomic E-state index is 0.225. The molecule has 17 heavy (non-hydrogen) atoms. The van der Waals surface area contributed by atoms with E-state index in [2.05, 4.69) is 31.0 Å². The second-order valence-electron chi connectivity index (χ2n) is 5.31. The van der Waals surface area contributed by atoms with Crippen LogP contribution in [-0.4, -0.2) is 48.7 Å². The second kappa shape index (κ2) is 8.48. The van der Waals surface area contributed by atoms with Gasteiger partial charge in [-0.3, -0.25) is 4.79 Å². The molecule has 0 heterocycles. The van der Waals surface area contributed by atoms with Crippen LogP contribution >= 0.6 is 0 Å². The molecule has 4 heteroatoms. The van der Waals surface area contributed by atoms with E-state index in [1.165, 1.54) is 0 Å². The molecule has 102 valence electrons. The number of hydrogen-bond donors (Lipinski definition) is 2. The lowest BCUT2D eigenvalue weighted by Crippen LogP contribution is -2.49. The summed E-state index contributed by atoms with van der Waals surface area (Å²) in [6.07, 6.45) is 2.70. The van der Waals surface area contributed by atoms with Crippen LogP contribution in [-0.2, 0) is 4.79 Å². The summed E-state index contributed by atoms with van der Waals surface area (Å²) in [4.78, 5) is 13.3. The van der Waals surface area contributed by atoms with Crippen LogP contribution in [0.4, 0.5) is 0 Å². The number of hydrogen-bond acceptors (Lipinski definition) is 3. The summed E-state index contributed by atoms with van der Waals surface area (Å²) in [6.45, 7) is 7.20. The fraction of sp³-hybridized carbons (Fsp3) is 0.923. The molecule has 0 aliphatic heterocycles. The number of nitrogens with zero attached hydrogens (tertiary/aromatic N) is 1. The fourth-order valence-corrected chi connectivity index (χ4v) is 1.79. The summed E-state index contributed by atoms with van der Waals surface area (Å²) >= 11 is 0. The Labute approximate surface area is 105 Å². The van der Waals surface area contributed by atoms with Crippen LogP contribution in [0.2, 0.25) is 0 Å². The highest BCUT2D eigenvalue weighted by molar-refractivity contribution is 5.73. The molecule has 0 aromatic carbocycles. The van der Waals surface area contributed by atoms with E-state index in [0.29, 0.717) is 12.3 Å². The summed E-state index contributed by atoms with van der Waals surface area (Å²) in [5.41, 5.74) is 0. The topological polar surface area (TPSA) is 52.6 Å². The average Bonchev–Trinajstić information content (AvgIpc) is 2.21. The van der Waals surface area contributed by atoms with Crippen molar-refractivity contribution in [1.29, 1.82) is 0 Å². The zero-order valence-electron chi connectivity index (χ0n) is 11.9. The molecule has 2 atom stereocenters. The van der Waals surface area contributed by atoms with Crippen molar-refractivity contribution in [1.82, 2.24) is 10.2 Å². The van der Waals surface area contributed by atoms with Gasteiger partial charge in [0.25, 0.3) is 0 Å². The first-order valence-electron chi connectivity index (χ1n) is 6.52. The SMILES string of the molecule is CCCCC(NC(CN(C)C)C(C)C)C(=O)O. The standard InChI is InChI=1S/C13H28N2O2/c1-6-7-8-11(13(16)17)14-12(10(2)3)9-15(4)5/h10-12,14H,6-9H2,1-5H3,(H,16,17). The molecular weight excluding hydrogens is 216 g/mol. The number of carbonyl (C=O) groups is 1. The molecule has 0 saturated carbocycles. The van der Waals surface area contributed by atoms with Crippen molar-refractivity contribution in [3.63, 3.8) is 0 Å². The third kappa shape index (κ3) is 7.34. The number of carboxylic acid groups (broad SMARTS) is 1. The lowest BCUT2D eigenvalue weighted by atomic mass is 10.0. The van der Waals surface area contributed by atoms with E-state index in [4.69, 9.17) is 0 Å². The molecule has 0 rings (SSSR count). The summed E-state index contributed by atoms with van der Waals surface area (Å²) in [7, 11) is 4.03. The first kappa shape index (κ1) is 16.4. The number of likely N-dealkylation sites (N-methyl/N-ethyl adjacent to an activating group) is 1. The largest absolute Gasteiger partial charge is 0.480 e. The Morgan fingerprint density at radius 2 is 1.94 bits per heavy atom. The van der Waals surface area contributed by atoms with Gasteiger partial charge >= 0.3 is 5.97 Å².